The Hall–Kier alpha value is -1.89. The lowest BCUT2D eigenvalue weighted by Crippen LogP contribution is -2.35. The van der Waals surface area contributed by atoms with E-state index in [-0.39, 0.29) is 6.42 Å². The maximum Gasteiger partial charge on any atom is 0.416 e. The predicted octanol–water partition coefficient (Wildman–Crippen LogP) is -0.376. The number of nitrogens with zero attached hydrogens (tertiary/aromatic N) is 2. The highest BCUT2D eigenvalue weighted by molar-refractivity contribution is 5.73. The van der Waals surface area contributed by atoms with Crippen LogP contribution in [0, 0.1) is 0 Å². The summed E-state index contributed by atoms with van der Waals surface area (Å²) in [5.74, 6) is -0.998. The maximum atomic E-state index is 10.7. The Morgan fingerprint density at radius 1 is 1.60 bits per heavy atom. The molecule has 1 aromatic rings. The van der Waals surface area contributed by atoms with Crippen LogP contribution in [0.15, 0.2) is 12.5 Å². The summed E-state index contributed by atoms with van der Waals surface area (Å²) in [5, 5.41) is 19.9. The van der Waals surface area contributed by atoms with E-state index < -0.39 is 18.1 Å². The van der Waals surface area contributed by atoms with Crippen LogP contribution >= 0.6 is 0 Å². The molecule has 7 nitrogen and oxygen atoms in total. The Labute approximate surface area is 85.4 Å². The number of likely N-dealkylation sites (N-methyl/N-ethyl adjacent to an activating group) is 1. The van der Waals surface area contributed by atoms with E-state index in [9.17, 15) is 9.59 Å². The van der Waals surface area contributed by atoms with Crippen LogP contribution in [0.1, 0.15) is 5.69 Å². The number of carboxylic acid groups (broad SMARTS) is 2. The van der Waals surface area contributed by atoms with Crippen molar-refractivity contribution in [1.29, 1.82) is 0 Å². The highest BCUT2D eigenvalue weighted by Gasteiger charge is 2.17. The average Bonchev–Trinajstić information content (AvgIpc) is 2.61. The first kappa shape index (κ1) is 11.2. The third-order valence-corrected chi connectivity index (χ3v) is 1.92. The third-order valence-electron chi connectivity index (χ3n) is 1.92. The smallest absolute Gasteiger partial charge is 0.416 e. The summed E-state index contributed by atoms with van der Waals surface area (Å²) in [4.78, 5) is 24.9. The molecule has 0 amide bonds. The van der Waals surface area contributed by atoms with Crippen molar-refractivity contribution in [1.82, 2.24) is 14.9 Å². The fourth-order valence-electron chi connectivity index (χ4n) is 1.10. The molecule has 0 radical (unpaired) electrons. The molecule has 1 atom stereocenters. The summed E-state index contributed by atoms with van der Waals surface area (Å²) in [6.45, 7) is 0. The third kappa shape index (κ3) is 2.78. The Balaban J connectivity index is 2.71. The molecule has 0 saturated carbocycles. The van der Waals surface area contributed by atoms with Crippen LogP contribution in [0.4, 0.5) is 4.79 Å². The van der Waals surface area contributed by atoms with Gasteiger partial charge in [-0.15, -0.1) is 0 Å². The fourth-order valence-corrected chi connectivity index (χ4v) is 1.10. The molecule has 1 rings (SSSR count). The first-order valence-electron chi connectivity index (χ1n) is 4.21. The Morgan fingerprint density at radius 2 is 2.27 bits per heavy atom. The van der Waals surface area contributed by atoms with Crippen molar-refractivity contribution in [2.24, 2.45) is 0 Å². The van der Waals surface area contributed by atoms with Gasteiger partial charge in [-0.1, -0.05) is 0 Å². The molecule has 0 unspecified atom stereocenters. The van der Waals surface area contributed by atoms with E-state index >= 15 is 0 Å². The van der Waals surface area contributed by atoms with Gasteiger partial charge in [0.15, 0.2) is 0 Å². The number of aliphatic carboxylic acids is 1. The first-order chi connectivity index (χ1) is 7.04. The molecule has 0 spiro atoms. The summed E-state index contributed by atoms with van der Waals surface area (Å²) < 4.78 is 0.879. The summed E-state index contributed by atoms with van der Waals surface area (Å²) in [7, 11) is 1.52. The van der Waals surface area contributed by atoms with Crippen molar-refractivity contribution in [3.8, 4) is 0 Å². The predicted molar refractivity (Wildman–Crippen MR) is 49.8 cm³/mol. The monoisotopic (exact) mass is 213 g/mol. The van der Waals surface area contributed by atoms with Crippen molar-refractivity contribution in [2.75, 3.05) is 7.05 Å². The number of carbonyl (C=O) groups is 2. The number of rotatable bonds is 4. The molecular formula is C8H11N3O4. The van der Waals surface area contributed by atoms with Gasteiger partial charge in [0.1, 0.15) is 12.4 Å². The van der Waals surface area contributed by atoms with E-state index in [1.165, 1.54) is 13.2 Å². The van der Waals surface area contributed by atoms with Crippen molar-refractivity contribution < 1.29 is 19.8 Å². The molecule has 0 bridgehead atoms. The molecular weight excluding hydrogens is 202 g/mol. The summed E-state index contributed by atoms with van der Waals surface area (Å²) in [6, 6.07) is -0.762. The lowest BCUT2D eigenvalue weighted by atomic mass is 10.2. The van der Waals surface area contributed by atoms with E-state index in [1.807, 2.05) is 0 Å². The quantitative estimate of drug-likeness (QED) is 0.630. The van der Waals surface area contributed by atoms with Crippen LogP contribution in [-0.2, 0) is 11.2 Å². The second-order valence-electron chi connectivity index (χ2n) is 2.94. The highest BCUT2D eigenvalue weighted by Crippen LogP contribution is 2.01. The van der Waals surface area contributed by atoms with E-state index in [2.05, 4.69) is 10.3 Å². The highest BCUT2D eigenvalue weighted by atomic mass is 16.4. The number of imidazole rings is 1. The number of hydrogen-bond donors (Lipinski definition) is 3. The zero-order chi connectivity index (χ0) is 11.4. The molecule has 0 fully saturated rings. The Morgan fingerprint density at radius 3 is 2.67 bits per heavy atom. The summed E-state index contributed by atoms with van der Waals surface area (Å²) >= 11 is 0. The molecule has 1 aromatic heterocycles. The second kappa shape index (κ2) is 4.56. The largest absolute Gasteiger partial charge is 0.480 e. The topological polar surface area (TPSA) is 104 Å². The molecule has 0 aromatic carbocycles. The molecule has 15 heavy (non-hydrogen) atoms. The van der Waals surface area contributed by atoms with Gasteiger partial charge in [-0.05, 0) is 7.05 Å². The maximum absolute atomic E-state index is 10.7. The molecule has 1 heterocycles. The fraction of sp³-hybridized carbons (Fsp3) is 0.375. The zero-order valence-corrected chi connectivity index (χ0v) is 8.04. The van der Waals surface area contributed by atoms with E-state index in [0.29, 0.717) is 5.69 Å². The SMILES string of the molecule is CN[C@@H](Cc1cn(C(=O)O)cn1)C(=O)O. The van der Waals surface area contributed by atoms with Crippen LogP contribution in [0.25, 0.3) is 0 Å². The van der Waals surface area contributed by atoms with Gasteiger partial charge < -0.3 is 15.5 Å². The van der Waals surface area contributed by atoms with Crippen molar-refractivity contribution in [3.63, 3.8) is 0 Å². The van der Waals surface area contributed by atoms with Gasteiger partial charge in [0.2, 0.25) is 0 Å². The van der Waals surface area contributed by atoms with Crippen LogP contribution in [0.2, 0.25) is 0 Å². The molecule has 3 N–H and O–H groups in total. The molecule has 7 heteroatoms. The molecule has 82 valence electrons. The standard InChI is InChI=1S/C8H11N3O4/c1-9-6(7(12)13)2-5-3-11(4-10-5)8(14)15/h3-4,6,9H,2H2,1H3,(H,12,13)(H,14,15)/t6-/m0/s1. The van der Waals surface area contributed by atoms with Gasteiger partial charge >= 0.3 is 12.1 Å². The summed E-state index contributed by atoms with van der Waals surface area (Å²) in [5.41, 5.74) is 0.416. The van der Waals surface area contributed by atoms with Crippen LogP contribution in [0.5, 0.6) is 0 Å². The normalized spacial score (nSPS) is 12.3. The average molecular weight is 213 g/mol. The summed E-state index contributed by atoms with van der Waals surface area (Å²) in [6.07, 6.45) is 1.42. The number of nitrogens with one attached hydrogen (secondary N) is 1. The van der Waals surface area contributed by atoms with E-state index in [1.54, 1.807) is 0 Å². The minimum atomic E-state index is -1.15. The van der Waals surface area contributed by atoms with Gasteiger partial charge in [-0.25, -0.2) is 14.3 Å². The lowest BCUT2D eigenvalue weighted by molar-refractivity contribution is -0.139. The van der Waals surface area contributed by atoms with Crippen molar-refractivity contribution >= 4 is 12.1 Å². The minimum absolute atomic E-state index is 0.145. The minimum Gasteiger partial charge on any atom is -0.480 e. The molecule has 0 aliphatic carbocycles. The van der Waals surface area contributed by atoms with Gasteiger partial charge in [0, 0.05) is 12.6 Å². The zero-order valence-electron chi connectivity index (χ0n) is 8.04. The van der Waals surface area contributed by atoms with E-state index in [0.717, 1.165) is 10.9 Å². The van der Waals surface area contributed by atoms with Gasteiger partial charge in [-0.2, -0.15) is 0 Å². The van der Waals surface area contributed by atoms with E-state index in [4.69, 9.17) is 10.2 Å². The molecule has 0 aliphatic rings. The number of aromatic nitrogens is 2. The van der Waals surface area contributed by atoms with Gasteiger partial charge in [0.05, 0.1) is 5.69 Å². The lowest BCUT2D eigenvalue weighted by Gasteiger charge is -2.08. The van der Waals surface area contributed by atoms with Crippen molar-refractivity contribution in [2.45, 2.75) is 12.5 Å². The molecule has 0 saturated heterocycles. The van der Waals surface area contributed by atoms with Crippen LogP contribution in [0.3, 0.4) is 0 Å². The van der Waals surface area contributed by atoms with Gasteiger partial charge in [-0.3, -0.25) is 4.79 Å². The van der Waals surface area contributed by atoms with Crippen LogP contribution in [-0.4, -0.2) is 44.9 Å². The number of carboxylic acids is 1. The molecule has 0 aliphatic heterocycles. The van der Waals surface area contributed by atoms with Gasteiger partial charge in [0.25, 0.3) is 0 Å². The number of hydrogen-bond acceptors (Lipinski definition) is 4. The first-order valence-corrected chi connectivity index (χ1v) is 4.21. The van der Waals surface area contributed by atoms with Crippen LogP contribution < -0.4 is 5.32 Å². The Kier molecular flexibility index (Phi) is 3.40. The van der Waals surface area contributed by atoms with Crippen molar-refractivity contribution in [3.05, 3.63) is 18.2 Å². The second-order valence-corrected chi connectivity index (χ2v) is 2.94. The Bertz CT molecular complexity index is 374.